The van der Waals surface area contributed by atoms with Crippen molar-refractivity contribution in [3.8, 4) is 66.8 Å². The van der Waals surface area contributed by atoms with E-state index in [2.05, 4.69) is 416 Å². The van der Waals surface area contributed by atoms with Gasteiger partial charge in [0.15, 0.2) is 0 Å². The molecule has 21 aromatic rings. The van der Waals surface area contributed by atoms with Crippen LogP contribution in [0.1, 0.15) is 0 Å². The van der Waals surface area contributed by atoms with Gasteiger partial charge in [-0.3, -0.25) is 0 Å². The van der Waals surface area contributed by atoms with Crippen LogP contribution in [0.5, 0.6) is 0 Å². The Hall–Kier alpha value is -9.68. The Morgan fingerprint density at radius 3 is 1.02 bits per heavy atom. The molecule has 4 heterocycles. The Labute approximate surface area is 651 Å². The lowest BCUT2D eigenvalue weighted by Crippen LogP contribution is -1.85. The van der Waals surface area contributed by atoms with Crippen molar-refractivity contribution in [1.29, 1.82) is 0 Å². The highest BCUT2D eigenvalue weighted by atomic mass is 79.9. The van der Waals surface area contributed by atoms with Gasteiger partial charge in [-0.25, -0.2) is 0 Å². The van der Waals surface area contributed by atoms with E-state index in [-0.39, 0.29) is 0 Å². The van der Waals surface area contributed by atoms with Crippen molar-refractivity contribution >= 4 is 222 Å². The van der Waals surface area contributed by atoms with Gasteiger partial charge in [0.25, 0.3) is 0 Å². The van der Waals surface area contributed by atoms with Crippen LogP contribution in [0.2, 0.25) is 0 Å². The van der Waals surface area contributed by atoms with Crippen LogP contribution >= 0.6 is 109 Å². The first-order valence-corrected chi connectivity index (χ1v) is 40.8. The van der Waals surface area contributed by atoms with Gasteiger partial charge in [0, 0.05) is 98.6 Å². The van der Waals surface area contributed by atoms with Crippen molar-refractivity contribution in [2.45, 2.75) is 0 Å². The molecular formula is C96H58Br4S4. The van der Waals surface area contributed by atoms with Gasteiger partial charge >= 0.3 is 0 Å². The van der Waals surface area contributed by atoms with E-state index < -0.39 is 0 Å². The molecule has 4 aromatic heterocycles. The number of fused-ring (bicyclic) bond motifs is 15. The molecule has 0 unspecified atom stereocenters. The second-order valence-electron chi connectivity index (χ2n) is 25.9. The average Bonchev–Trinajstić information content (AvgIpc) is 1.75. The fourth-order valence-corrected chi connectivity index (χ4v) is 20.6. The summed E-state index contributed by atoms with van der Waals surface area (Å²) in [5, 5.41) is 18.4. The molecule has 0 aliphatic rings. The Bertz CT molecular complexity index is 6850. The molecule has 0 amide bonds. The zero-order valence-electron chi connectivity index (χ0n) is 55.6. The molecule has 0 saturated heterocycles. The van der Waals surface area contributed by atoms with Gasteiger partial charge < -0.3 is 0 Å². The van der Waals surface area contributed by atoms with E-state index in [0.29, 0.717) is 0 Å². The van der Waals surface area contributed by atoms with Crippen molar-refractivity contribution in [3.05, 3.63) is 370 Å². The van der Waals surface area contributed by atoms with E-state index in [9.17, 15) is 0 Å². The van der Waals surface area contributed by atoms with Gasteiger partial charge in [-0.2, -0.15) is 0 Å². The Balaban J connectivity index is 0.0000000992. The van der Waals surface area contributed by atoms with Crippen LogP contribution in [0.25, 0.3) is 180 Å². The molecule has 494 valence electrons. The summed E-state index contributed by atoms with van der Waals surface area (Å²) in [5.74, 6) is 0. The van der Waals surface area contributed by atoms with Crippen LogP contribution in [-0.4, -0.2) is 0 Å². The lowest BCUT2D eigenvalue weighted by Gasteiger charge is -2.11. The van der Waals surface area contributed by atoms with Crippen LogP contribution in [-0.2, 0) is 0 Å². The number of rotatable bonds is 6. The maximum atomic E-state index is 3.76. The SMILES string of the molecule is Brc1cc(-c2ccc3sc4ccccc4c3c2)cc(-c2cccc3ccccc23)c1.Brc1cc(-c2ccc3sc4ccccc4c3c2)cc2ccccc12.Brc1ccc(-c2ccc(-c3ccc4sc5ccccc5c4c3)cc2)cc1.Brc1ccc(-c2ccc3sc4ccccc4c3c2)c2ccccc12. The van der Waals surface area contributed by atoms with Gasteiger partial charge in [0.1, 0.15) is 0 Å². The minimum Gasteiger partial charge on any atom is -0.135 e. The molecule has 104 heavy (non-hydrogen) atoms. The maximum absolute atomic E-state index is 3.76. The molecule has 0 fully saturated rings. The summed E-state index contributed by atoms with van der Waals surface area (Å²) in [4.78, 5) is 0. The molecule has 0 aliphatic heterocycles. The number of halogens is 4. The van der Waals surface area contributed by atoms with Crippen molar-refractivity contribution in [2.75, 3.05) is 0 Å². The molecule has 17 aromatic carbocycles. The molecule has 21 rings (SSSR count). The number of hydrogen-bond acceptors (Lipinski definition) is 4. The average molecular weight is 1660 g/mol. The normalized spacial score (nSPS) is 11.5. The second-order valence-corrected chi connectivity index (χ2v) is 33.8. The summed E-state index contributed by atoms with van der Waals surface area (Å²) in [7, 11) is 0. The molecule has 0 bridgehead atoms. The molecule has 0 nitrogen and oxygen atoms in total. The van der Waals surface area contributed by atoms with E-state index in [0.717, 1.165) is 17.9 Å². The van der Waals surface area contributed by atoms with Crippen LogP contribution in [0.4, 0.5) is 0 Å². The summed E-state index contributed by atoms with van der Waals surface area (Å²) in [6.07, 6.45) is 0. The minimum atomic E-state index is 1.10. The fourth-order valence-electron chi connectivity index (χ4n) is 14.4. The lowest BCUT2D eigenvalue weighted by molar-refractivity contribution is 1.58. The molecule has 0 atom stereocenters. The van der Waals surface area contributed by atoms with E-state index in [1.54, 1.807) is 0 Å². The van der Waals surface area contributed by atoms with Crippen molar-refractivity contribution < 1.29 is 0 Å². The molecule has 8 heteroatoms. The summed E-state index contributed by atoms with van der Waals surface area (Å²) < 4.78 is 15.3. The maximum Gasteiger partial charge on any atom is 0.0355 e. The Morgan fingerprint density at radius 1 is 0.154 bits per heavy atom. The van der Waals surface area contributed by atoms with Crippen molar-refractivity contribution in [2.24, 2.45) is 0 Å². The number of hydrogen-bond donors (Lipinski definition) is 0. The van der Waals surface area contributed by atoms with Gasteiger partial charge in [-0.05, 0) is 220 Å². The van der Waals surface area contributed by atoms with E-state index >= 15 is 0 Å². The first-order chi connectivity index (χ1) is 51.1. The first kappa shape index (κ1) is 66.3. The summed E-state index contributed by atoms with van der Waals surface area (Å²) >= 11 is 22.1. The third-order valence-electron chi connectivity index (χ3n) is 19.6. The van der Waals surface area contributed by atoms with Gasteiger partial charge in [0.05, 0.1) is 0 Å². The third-order valence-corrected chi connectivity index (χ3v) is 26.5. The predicted molar refractivity (Wildman–Crippen MR) is 473 cm³/mol. The smallest absolute Gasteiger partial charge is 0.0355 e. The molecular weight excluding hydrogens is 1600 g/mol. The van der Waals surface area contributed by atoms with E-state index in [1.165, 1.54) is 180 Å². The van der Waals surface area contributed by atoms with Crippen molar-refractivity contribution in [1.82, 2.24) is 0 Å². The molecule has 0 spiro atoms. The zero-order chi connectivity index (χ0) is 69.8. The fraction of sp³-hybridized carbons (Fsp3) is 0. The number of benzene rings is 17. The molecule has 0 N–H and O–H groups in total. The largest absolute Gasteiger partial charge is 0.135 e. The van der Waals surface area contributed by atoms with E-state index in [4.69, 9.17) is 0 Å². The van der Waals surface area contributed by atoms with Gasteiger partial charge in [0.2, 0.25) is 0 Å². The topological polar surface area (TPSA) is 0 Å². The Kier molecular flexibility index (Phi) is 18.3. The highest BCUT2D eigenvalue weighted by Gasteiger charge is 2.15. The van der Waals surface area contributed by atoms with Crippen molar-refractivity contribution in [3.63, 3.8) is 0 Å². The highest BCUT2D eigenvalue weighted by Crippen LogP contribution is 2.44. The van der Waals surface area contributed by atoms with Crippen LogP contribution in [0, 0.1) is 0 Å². The van der Waals surface area contributed by atoms with Gasteiger partial charge in [-0.15, -0.1) is 45.3 Å². The lowest BCUT2D eigenvalue weighted by atomic mass is 9.95. The predicted octanol–water partition coefficient (Wildman–Crippen LogP) is 32.7. The van der Waals surface area contributed by atoms with E-state index in [1.807, 2.05) is 45.3 Å². The quantitative estimate of drug-likeness (QED) is 0.156. The Morgan fingerprint density at radius 2 is 0.500 bits per heavy atom. The molecule has 0 radical (unpaired) electrons. The zero-order valence-corrected chi connectivity index (χ0v) is 65.2. The summed E-state index contributed by atoms with van der Waals surface area (Å²) in [5.41, 5.74) is 15.0. The van der Waals surface area contributed by atoms with Gasteiger partial charge in [-0.1, -0.05) is 294 Å². The first-order valence-electron chi connectivity index (χ1n) is 34.3. The standard InChI is InChI=1S/C28H17BrS.C24H15BrS.2C22H13BrS/c29-22-15-20(14-21(16-22)24-10-5-7-18-6-1-2-8-23(18)24)19-12-13-28-26(17-19)25-9-3-4-11-27(25)30-28;25-20-12-9-17(10-13-20)16-5-7-18(8-6-16)19-11-14-24-22(15-19)21-3-1-2-4-23(21)26-24;23-20-11-10-15(16-5-1-2-6-17(16)20)14-9-12-22-19(13-14)18-7-3-4-8-21(18)24-22;23-20-13-16(11-15-5-1-2-6-17(15)20)14-9-10-22-19(12-14)18-7-3-4-8-21(18)24-22/h1-17H;1-15H;2*1-13H. The second kappa shape index (κ2) is 28.8. The third kappa shape index (κ3) is 13.1. The highest BCUT2D eigenvalue weighted by molar-refractivity contribution is 9.11. The molecule has 0 saturated carbocycles. The summed E-state index contributed by atoms with van der Waals surface area (Å²) in [6, 6.07) is 127. The van der Waals surface area contributed by atoms with Crippen LogP contribution in [0.3, 0.4) is 0 Å². The summed E-state index contributed by atoms with van der Waals surface area (Å²) in [6.45, 7) is 0. The van der Waals surface area contributed by atoms with Crippen LogP contribution in [0.15, 0.2) is 370 Å². The van der Waals surface area contributed by atoms with Crippen LogP contribution < -0.4 is 0 Å². The molecule has 0 aliphatic carbocycles. The monoisotopic (exact) mass is 1650 g/mol. The minimum absolute atomic E-state index is 1.10. The number of thiophene rings is 4.